The second kappa shape index (κ2) is 37.6. The number of carbonyl (C=O) groups excluding carboxylic acids is 3. The summed E-state index contributed by atoms with van der Waals surface area (Å²) in [7, 11) is 0. The van der Waals surface area contributed by atoms with Gasteiger partial charge in [-0.3, -0.25) is 0 Å². The Morgan fingerprint density at radius 3 is 0.865 bits per heavy atom. The summed E-state index contributed by atoms with van der Waals surface area (Å²) in [5.74, 6) is 5.57. The monoisotopic (exact) mass is 1560 g/mol. The molecule has 6 N–H and O–H groups in total. The fourth-order valence-electron chi connectivity index (χ4n) is 14.7. The second-order valence-corrected chi connectivity index (χ2v) is 33.8. The van der Waals surface area contributed by atoms with Crippen LogP contribution in [0, 0.1) is 23.7 Å². The van der Waals surface area contributed by atoms with Crippen molar-refractivity contribution in [2.24, 2.45) is 23.7 Å². The van der Waals surface area contributed by atoms with Gasteiger partial charge in [0, 0.05) is 142 Å². The average molecular weight is 1570 g/mol. The minimum atomic E-state index is -0.493. The number of halogens is 2. The lowest BCUT2D eigenvalue weighted by atomic mass is 9.94. The minimum absolute atomic E-state index is 0. The zero-order valence-electron chi connectivity index (χ0n) is 65.9. The number of aliphatic hydroxyl groups is 4. The maximum absolute atomic E-state index is 12.3. The highest BCUT2D eigenvalue weighted by Gasteiger charge is 2.42. The van der Waals surface area contributed by atoms with E-state index in [4.69, 9.17) is 60.8 Å². The zero-order chi connectivity index (χ0) is 77.9. The van der Waals surface area contributed by atoms with Gasteiger partial charge in [0.25, 0.3) is 0 Å². The maximum atomic E-state index is 12.3. The number of para-hydroxylation sites is 8. The number of piperidine rings is 4. The highest BCUT2D eigenvalue weighted by atomic mass is 35.5. The summed E-state index contributed by atoms with van der Waals surface area (Å²) >= 11 is 6.24. The number of hydrogen-bond acceptors (Lipinski definition) is 23. The van der Waals surface area contributed by atoms with Gasteiger partial charge in [-0.15, -0.1) is 12.4 Å². The summed E-state index contributed by atoms with van der Waals surface area (Å²) in [4.78, 5) is 87.2. The third-order valence-electron chi connectivity index (χ3n) is 21.4. The van der Waals surface area contributed by atoms with Crippen molar-refractivity contribution in [1.82, 2.24) is 65.2 Å². The first kappa shape index (κ1) is 83.7. The molecule has 0 spiro atoms. The first-order chi connectivity index (χ1) is 52.8. The molecule has 0 saturated carbocycles. The Balaban J connectivity index is 0.000000142. The number of anilines is 3. The topological polar surface area (TPSA) is 306 Å². The van der Waals surface area contributed by atoms with Crippen LogP contribution in [-0.2, 0) is 14.2 Å². The molecule has 8 fully saturated rings. The minimum Gasteiger partial charge on any atom is -0.444 e. The van der Waals surface area contributed by atoms with Crippen LogP contribution in [0.15, 0.2) is 97.1 Å². The van der Waals surface area contributed by atoms with Gasteiger partial charge in [0.1, 0.15) is 16.8 Å². The molecule has 8 saturated heterocycles. The largest absolute Gasteiger partial charge is 0.444 e. The SMILES string of the molecule is CC(C)(C)OC(=O)N1CC(c2nc3ccccc3nc2Cl)C1.CC(C)(C)OC(=O)N1CC(c2nc3ccccc3nc2N2CCC(CO)CC2)C1.CC(C)(C)OC(=O)N1CC(c2nc3ccccc3nc2N2CCC(CO)CC2)C1.Cl.OCC1CCN(c2nc3ccccc3nc2C2CNC2)CC1.OCC1CCNCC1. The molecule has 16 rings (SSSR count). The van der Waals surface area contributed by atoms with Gasteiger partial charge in [-0.1, -0.05) is 60.1 Å². The van der Waals surface area contributed by atoms with E-state index >= 15 is 0 Å². The predicted molar refractivity (Wildman–Crippen MR) is 436 cm³/mol. The molecule has 4 aromatic heterocycles. The number of nitrogens with zero attached hydrogens (tertiary/aromatic N) is 14. The summed E-state index contributed by atoms with van der Waals surface area (Å²) in [5.41, 5.74) is 9.44. The molecule has 0 bridgehead atoms. The molecule has 111 heavy (non-hydrogen) atoms. The highest BCUT2D eigenvalue weighted by molar-refractivity contribution is 6.30. The molecule has 8 aromatic rings. The quantitative estimate of drug-likeness (QED) is 0.0656. The third-order valence-corrected chi connectivity index (χ3v) is 21.7. The normalized spacial score (nSPS) is 18.6. The number of rotatable bonds is 11. The Kier molecular flexibility index (Phi) is 28.4. The number of carbonyl (C=O) groups is 3. The summed E-state index contributed by atoms with van der Waals surface area (Å²) in [5, 5.41) is 43.9. The van der Waals surface area contributed by atoms with Gasteiger partial charge in [0.15, 0.2) is 22.6 Å². The number of hydrogen-bond donors (Lipinski definition) is 6. The molecule has 26 nitrogen and oxygen atoms in total. The molecule has 600 valence electrons. The fourth-order valence-corrected chi connectivity index (χ4v) is 15.0. The van der Waals surface area contributed by atoms with Crippen molar-refractivity contribution in [3.63, 3.8) is 0 Å². The van der Waals surface area contributed by atoms with Crippen molar-refractivity contribution in [2.75, 3.05) is 146 Å². The van der Waals surface area contributed by atoms with E-state index in [9.17, 15) is 29.7 Å². The van der Waals surface area contributed by atoms with E-state index in [1.54, 1.807) is 14.7 Å². The van der Waals surface area contributed by atoms with Gasteiger partial charge in [-0.05, 0) is 199 Å². The Morgan fingerprint density at radius 1 is 0.369 bits per heavy atom. The number of fused-ring (bicyclic) bond motifs is 4. The van der Waals surface area contributed by atoms with Crippen molar-refractivity contribution in [3.05, 3.63) is 125 Å². The molecule has 0 radical (unpaired) electrons. The summed E-state index contributed by atoms with van der Waals surface area (Å²) in [6.45, 7) is 31.1. The van der Waals surface area contributed by atoms with E-state index in [-0.39, 0.29) is 61.7 Å². The first-order valence-electron chi connectivity index (χ1n) is 39.5. The van der Waals surface area contributed by atoms with Crippen LogP contribution in [0.5, 0.6) is 0 Å². The number of likely N-dealkylation sites (tertiary alicyclic amines) is 3. The molecule has 8 aliphatic rings. The molecule has 4 aromatic carbocycles. The Morgan fingerprint density at radius 2 is 0.613 bits per heavy atom. The van der Waals surface area contributed by atoms with Crippen LogP contribution in [0.3, 0.4) is 0 Å². The molecule has 0 unspecified atom stereocenters. The standard InChI is InChI=1S/2C22H30N4O3.C17H22N4O.C16H18ClN3O2.C6H13NO.ClH/c2*1-22(2,3)29-21(28)26-12-16(13-26)19-20(25-10-8-15(14-27)9-11-25)24-18-7-5-4-6-17(18)23-19;22-11-12-5-7-21(8-6-12)17-16(13-9-18-10-13)19-14-3-1-2-4-15(14)20-17;1-16(2,3)22-15(21)20-8-10(9-20)13-14(17)19-12-7-5-4-6-11(12)18-13;8-5-6-1-3-7-4-2-6;/h2*4-7,15-16,27H,8-14H2,1-3H3;1-4,12-13,18,22H,5-11H2;4-7,10H,8-9H2,1-3H3;6-8H,1-5H2;1H. The molecular weight excluding hydrogens is 1450 g/mol. The Bertz CT molecular complexity index is 4250. The molecule has 3 amide bonds. The third kappa shape index (κ3) is 22.0. The van der Waals surface area contributed by atoms with Crippen molar-refractivity contribution >= 4 is 104 Å². The van der Waals surface area contributed by atoms with Gasteiger partial charge in [0.05, 0.1) is 66.9 Å². The van der Waals surface area contributed by atoms with E-state index in [0.717, 1.165) is 201 Å². The number of aromatic nitrogens is 8. The van der Waals surface area contributed by atoms with E-state index in [2.05, 4.69) is 35.3 Å². The van der Waals surface area contributed by atoms with Crippen molar-refractivity contribution in [2.45, 2.75) is 154 Å². The summed E-state index contributed by atoms with van der Waals surface area (Å²) < 4.78 is 16.3. The Hall–Kier alpha value is -8.21. The van der Waals surface area contributed by atoms with Crippen molar-refractivity contribution in [1.29, 1.82) is 0 Å². The molecule has 28 heteroatoms. The van der Waals surface area contributed by atoms with Gasteiger partial charge in [-0.25, -0.2) is 54.3 Å². The second-order valence-electron chi connectivity index (χ2n) is 33.5. The van der Waals surface area contributed by atoms with Crippen LogP contribution >= 0.6 is 24.0 Å². The highest BCUT2D eigenvalue weighted by Crippen LogP contribution is 2.39. The van der Waals surface area contributed by atoms with Crippen LogP contribution in [0.2, 0.25) is 5.15 Å². The molecule has 0 aliphatic carbocycles. The van der Waals surface area contributed by atoms with Crippen LogP contribution in [0.1, 0.15) is 160 Å². The molecule has 12 heterocycles. The number of nitrogens with one attached hydrogen (secondary N) is 2. The van der Waals surface area contributed by atoms with Crippen molar-refractivity contribution in [3.8, 4) is 0 Å². The number of ether oxygens (including phenoxy) is 3. The predicted octanol–water partition coefficient (Wildman–Crippen LogP) is 11.9. The fraction of sp³-hybridized carbons (Fsp3) is 0.578. The maximum Gasteiger partial charge on any atom is 0.410 e. The lowest BCUT2D eigenvalue weighted by Gasteiger charge is -2.41. The van der Waals surface area contributed by atoms with Gasteiger partial charge in [-0.2, -0.15) is 0 Å². The lowest BCUT2D eigenvalue weighted by molar-refractivity contribution is 0.00696. The van der Waals surface area contributed by atoms with Crippen LogP contribution in [0.4, 0.5) is 31.8 Å². The molecule has 0 atom stereocenters. The summed E-state index contributed by atoms with van der Waals surface area (Å²) in [6.07, 6.45) is 7.36. The molecular formula is C83H114Cl2N16O10. The van der Waals surface area contributed by atoms with Crippen LogP contribution in [0.25, 0.3) is 44.1 Å². The van der Waals surface area contributed by atoms with E-state index < -0.39 is 16.8 Å². The van der Waals surface area contributed by atoms with Gasteiger partial charge >= 0.3 is 18.3 Å². The Labute approximate surface area is 663 Å². The number of benzene rings is 4. The van der Waals surface area contributed by atoms with Gasteiger partial charge in [0.2, 0.25) is 0 Å². The van der Waals surface area contributed by atoms with Crippen LogP contribution in [-0.4, -0.2) is 241 Å². The smallest absolute Gasteiger partial charge is 0.410 e. The van der Waals surface area contributed by atoms with E-state index in [1.807, 2.05) is 159 Å². The first-order valence-corrected chi connectivity index (χ1v) is 39.9. The average Bonchev–Trinajstić information content (AvgIpc) is 0.777. The lowest BCUT2D eigenvalue weighted by Crippen LogP contribution is -2.51. The van der Waals surface area contributed by atoms with Crippen LogP contribution < -0.4 is 25.3 Å². The van der Waals surface area contributed by atoms with E-state index in [0.29, 0.717) is 87.2 Å². The summed E-state index contributed by atoms with van der Waals surface area (Å²) in [6, 6.07) is 31.6. The number of amides is 3. The van der Waals surface area contributed by atoms with Gasteiger partial charge < -0.3 is 74.7 Å². The molecule has 8 aliphatic heterocycles. The zero-order valence-corrected chi connectivity index (χ0v) is 67.5. The number of aliphatic hydroxyl groups excluding tert-OH is 4. The van der Waals surface area contributed by atoms with Crippen molar-refractivity contribution < 1.29 is 49.0 Å². The van der Waals surface area contributed by atoms with E-state index in [1.165, 1.54) is 0 Å².